The van der Waals surface area contributed by atoms with Gasteiger partial charge in [-0.15, -0.1) is 10.2 Å². The quantitative estimate of drug-likeness (QED) is 0.598. The molecule has 1 aromatic carbocycles. The molecule has 1 atom stereocenters. The molecule has 1 aliphatic rings. The molecule has 1 aromatic heterocycles. The van der Waals surface area contributed by atoms with E-state index in [1.807, 2.05) is 6.92 Å². The fourth-order valence-electron chi connectivity index (χ4n) is 2.28. The zero-order valence-corrected chi connectivity index (χ0v) is 15.0. The number of anilines is 1. The molecule has 1 N–H and O–H groups in total. The summed E-state index contributed by atoms with van der Waals surface area (Å²) in [6.07, 6.45) is 2.32. The van der Waals surface area contributed by atoms with Gasteiger partial charge in [-0.3, -0.25) is 10.1 Å². The van der Waals surface area contributed by atoms with Crippen molar-refractivity contribution in [1.82, 2.24) is 10.2 Å². The zero-order chi connectivity index (χ0) is 16.8. The Labute approximate surface area is 149 Å². The van der Waals surface area contributed by atoms with Gasteiger partial charge in [-0.2, -0.15) is 0 Å². The van der Waals surface area contributed by atoms with Crippen molar-refractivity contribution in [3.63, 3.8) is 0 Å². The van der Waals surface area contributed by atoms with Gasteiger partial charge < -0.3 is 9.47 Å². The van der Waals surface area contributed by atoms with Gasteiger partial charge in [0.05, 0.1) is 6.10 Å². The highest BCUT2D eigenvalue weighted by Crippen LogP contribution is 2.25. The summed E-state index contributed by atoms with van der Waals surface area (Å²) in [4.78, 5) is 12.2. The number of carbonyl (C=O) groups is 1. The van der Waals surface area contributed by atoms with E-state index < -0.39 is 0 Å². The maximum absolute atomic E-state index is 12.2. The highest BCUT2D eigenvalue weighted by molar-refractivity contribution is 8.01. The molecule has 6 nitrogen and oxygen atoms in total. The van der Waals surface area contributed by atoms with Crippen molar-refractivity contribution in [2.75, 3.05) is 24.3 Å². The Morgan fingerprint density at radius 2 is 2.25 bits per heavy atom. The number of benzene rings is 1. The third-order valence-corrected chi connectivity index (χ3v) is 5.33. The SMILES string of the molecule is CCSc1nnc(NC(=O)c2ccc(OC[C@H]3CCCO3)cc2)s1. The van der Waals surface area contributed by atoms with Crippen LogP contribution in [-0.4, -0.2) is 41.2 Å². The Morgan fingerprint density at radius 3 is 2.96 bits per heavy atom. The molecule has 0 spiro atoms. The lowest BCUT2D eigenvalue weighted by atomic mass is 10.2. The number of carbonyl (C=O) groups excluding carboxylic acids is 1. The molecule has 0 unspecified atom stereocenters. The second-order valence-corrected chi connectivity index (χ2v) is 7.72. The van der Waals surface area contributed by atoms with Crippen LogP contribution in [0, 0.1) is 0 Å². The molecule has 3 rings (SSSR count). The van der Waals surface area contributed by atoms with Gasteiger partial charge in [0.25, 0.3) is 5.91 Å². The van der Waals surface area contributed by atoms with E-state index in [1.54, 1.807) is 36.0 Å². The summed E-state index contributed by atoms with van der Waals surface area (Å²) in [5.41, 5.74) is 0.555. The van der Waals surface area contributed by atoms with Crippen LogP contribution in [0.4, 0.5) is 5.13 Å². The number of hydrogen-bond donors (Lipinski definition) is 1. The topological polar surface area (TPSA) is 73.3 Å². The van der Waals surface area contributed by atoms with E-state index in [0.717, 1.165) is 35.3 Å². The largest absolute Gasteiger partial charge is 0.491 e. The Hall–Kier alpha value is -1.64. The van der Waals surface area contributed by atoms with Gasteiger partial charge in [-0.05, 0) is 42.9 Å². The van der Waals surface area contributed by atoms with Crippen LogP contribution in [0.25, 0.3) is 0 Å². The monoisotopic (exact) mass is 365 g/mol. The molecular weight excluding hydrogens is 346 g/mol. The Morgan fingerprint density at radius 1 is 1.42 bits per heavy atom. The lowest BCUT2D eigenvalue weighted by Crippen LogP contribution is -2.16. The number of aromatic nitrogens is 2. The van der Waals surface area contributed by atoms with Crippen molar-refractivity contribution < 1.29 is 14.3 Å². The summed E-state index contributed by atoms with van der Waals surface area (Å²) in [5, 5.41) is 11.3. The number of hydrogen-bond acceptors (Lipinski definition) is 7. The van der Waals surface area contributed by atoms with Crippen LogP contribution < -0.4 is 10.1 Å². The summed E-state index contributed by atoms with van der Waals surface area (Å²) < 4.78 is 12.1. The molecule has 0 bridgehead atoms. The van der Waals surface area contributed by atoms with Crippen LogP contribution in [0.1, 0.15) is 30.1 Å². The van der Waals surface area contributed by atoms with Crippen LogP contribution in [0.3, 0.4) is 0 Å². The summed E-state index contributed by atoms with van der Waals surface area (Å²) in [6.45, 7) is 3.41. The number of nitrogens with one attached hydrogen (secondary N) is 1. The van der Waals surface area contributed by atoms with Crippen molar-refractivity contribution in [3.8, 4) is 5.75 Å². The van der Waals surface area contributed by atoms with Gasteiger partial charge in [-0.1, -0.05) is 30.0 Å². The fraction of sp³-hybridized carbons (Fsp3) is 0.438. The third kappa shape index (κ3) is 4.68. The average Bonchev–Trinajstić information content (AvgIpc) is 3.26. The molecule has 0 aliphatic carbocycles. The van der Waals surface area contributed by atoms with Crippen LogP contribution >= 0.6 is 23.1 Å². The minimum atomic E-state index is -0.204. The number of rotatable bonds is 7. The second-order valence-electron chi connectivity index (χ2n) is 5.23. The van der Waals surface area contributed by atoms with Crippen LogP contribution in [0.5, 0.6) is 5.75 Å². The van der Waals surface area contributed by atoms with Gasteiger partial charge in [0, 0.05) is 12.2 Å². The molecule has 2 aromatic rings. The van der Waals surface area contributed by atoms with Gasteiger partial charge in [-0.25, -0.2) is 0 Å². The van der Waals surface area contributed by atoms with Crippen LogP contribution in [0.15, 0.2) is 28.6 Å². The molecule has 128 valence electrons. The molecule has 8 heteroatoms. The molecule has 1 aliphatic heterocycles. The molecule has 24 heavy (non-hydrogen) atoms. The van der Waals surface area contributed by atoms with E-state index in [2.05, 4.69) is 15.5 Å². The van der Waals surface area contributed by atoms with Gasteiger partial charge >= 0.3 is 0 Å². The van der Waals surface area contributed by atoms with E-state index in [4.69, 9.17) is 9.47 Å². The molecule has 1 saturated heterocycles. The lowest BCUT2D eigenvalue weighted by molar-refractivity contribution is 0.0679. The first-order valence-electron chi connectivity index (χ1n) is 7.86. The van der Waals surface area contributed by atoms with E-state index >= 15 is 0 Å². The predicted molar refractivity (Wildman–Crippen MR) is 95.2 cm³/mol. The van der Waals surface area contributed by atoms with Crippen molar-refractivity contribution in [1.29, 1.82) is 0 Å². The summed E-state index contributed by atoms with van der Waals surface area (Å²) >= 11 is 2.98. The summed E-state index contributed by atoms with van der Waals surface area (Å²) in [5.74, 6) is 1.46. The Balaban J connectivity index is 1.52. The average molecular weight is 365 g/mol. The summed E-state index contributed by atoms with van der Waals surface area (Å²) in [6, 6.07) is 7.07. The summed E-state index contributed by atoms with van der Waals surface area (Å²) in [7, 11) is 0. The number of amides is 1. The van der Waals surface area contributed by atoms with Gasteiger partial charge in [0.1, 0.15) is 12.4 Å². The van der Waals surface area contributed by atoms with Gasteiger partial charge in [0.15, 0.2) is 4.34 Å². The van der Waals surface area contributed by atoms with Crippen LogP contribution in [0.2, 0.25) is 0 Å². The molecule has 1 amide bonds. The predicted octanol–water partition coefficient (Wildman–Crippen LogP) is 3.46. The maximum Gasteiger partial charge on any atom is 0.257 e. The zero-order valence-electron chi connectivity index (χ0n) is 13.4. The Kier molecular flexibility index (Phi) is 6.06. The number of thioether (sulfide) groups is 1. The Bertz CT molecular complexity index is 669. The number of nitrogens with zero attached hydrogens (tertiary/aromatic N) is 2. The minimum Gasteiger partial charge on any atom is -0.491 e. The second kappa shape index (κ2) is 8.46. The van der Waals surface area contributed by atoms with Crippen molar-refractivity contribution in [2.24, 2.45) is 0 Å². The highest BCUT2D eigenvalue weighted by Gasteiger charge is 2.16. The first-order valence-corrected chi connectivity index (χ1v) is 9.67. The van der Waals surface area contributed by atoms with Crippen molar-refractivity contribution >= 4 is 34.1 Å². The molecular formula is C16H19N3O3S2. The van der Waals surface area contributed by atoms with E-state index in [1.165, 1.54) is 11.3 Å². The first kappa shape index (κ1) is 17.2. The van der Waals surface area contributed by atoms with Crippen molar-refractivity contribution in [3.05, 3.63) is 29.8 Å². The third-order valence-electron chi connectivity index (χ3n) is 3.47. The van der Waals surface area contributed by atoms with Gasteiger partial charge in [0.2, 0.25) is 5.13 Å². The standard InChI is InChI=1S/C16H19N3O3S2/c1-2-23-16-19-18-15(24-16)17-14(20)11-5-7-12(8-6-11)22-10-13-4-3-9-21-13/h5-8,13H,2-4,9-10H2,1H3,(H,17,18,20)/t13-/m1/s1. The smallest absolute Gasteiger partial charge is 0.257 e. The normalized spacial score (nSPS) is 17.0. The number of ether oxygens (including phenoxy) is 2. The lowest BCUT2D eigenvalue weighted by Gasteiger charge is -2.11. The highest BCUT2D eigenvalue weighted by atomic mass is 32.2. The van der Waals surface area contributed by atoms with E-state index in [9.17, 15) is 4.79 Å². The van der Waals surface area contributed by atoms with Crippen molar-refractivity contribution in [2.45, 2.75) is 30.2 Å². The molecule has 2 heterocycles. The van der Waals surface area contributed by atoms with Crippen LogP contribution in [-0.2, 0) is 4.74 Å². The molecule has 0 saturated carbocycles. The maximum atomic E-state index is 12.2. The minimum absolute atomic E-state index is 0.181. The molecule has 1 fully saturated rings. The fourth-order valence-corrected chi connectivity index (χ4v) is 3.92. The van der Waals surface area contributed by atoms with E-state index in [-0.39, 0.29) is 12.0 Å². The first-order chi connectivity index (χ1) is 11.7. The molecule has 0 radical (unpaired) electrons. The van der Waals surface area contributed by atoms with E-state index in [0.29, 0.717) is 17.3 Å².